The molecule has 0 spiro atoms. The Bertz CT molecular complexity index is 2390. The lowest BCUT2D eigenvalue weighted by Crippen LogP contribution is -2.59. The fourth-order valence-corrected chi connectivity index (χ4v) is 12.2. The van der Waals surface area contributed by atoms with Crippen LogP contribution in [0.2, 0.25) is 0 Å². The molecule has 20 heteroatoms. The van der Waals surface area contributed by atoms with Crippen LogP contribution < -0.4 is 24.8 Å². The molecule has 9 rings (SSSR count). The lowest BCUT2D eigenvalue weighted by atomic mass is 9.83. The highest BCUT2D eigenvalue weighted by atomic mass is 32.2. The van der Waals surface area contributed by atoms with Crippen LogP contribution in [0.25, 0.3) is 10.9 Å². The number of nitrogens with one attached hydrogen (secondary N) is 3. The lowest BCUT2D eigenvalue weighted by Gasteiger charge is -2.34. The third-order valence-electron chi connectivity index (χ3n) is 15.7. The number of hydrogen-bond donors (Lipinski definition) is 3. The molecule has 0 radical (unpaired) electrons. The third kappa shape index (κ3) is 11.1. The predicted molar refractivity (Wildman–Crippen MR) is 246 cm³/mol. The number of pyridine rings is 1. The second kappa shape index (κ2) is 19.8. The molecule has 7 atom stereocenters. The van der Waals surface area contributed by atoms with Gasteiger partial charge in [-0.05, 0) is 102 Å². The molecular weight excluding hydrogens is 922 g/mol. The number of sulfonamides is 1. The summed E-state index contributed by atoms with van der Waals surface area (Å²) in [6.45, 7) is 6.05. The summed E-state index contributed by atoms with van der Waals surface area (Å²) in [7, 11) is -4.05. The number of nitrogens with zero attached hydrogens (tertiary/aromatic N) is 3. The number of halogens is 3. The largest absolute Gasteiger partial charge is 0.522 e. The maximum atomic E-state index is 15.2. The van der Waals surface area contributed by atoms with E-state index in [1.165, 1.54) is 11.0 Å². The molecule has 69 heavy (non-hydrogen) atoms. The van der Waals surface area contributed by atoms with Gasteiger partial charge in [0.15, 0.2) is 0 Å². The van der Waals surface area contributed by atoms with Gasteiger partial charge in [-0.25, -0.2) is 18.2 Å². The summed E-state index contributed by atoms with van der Waals surface area (Å²) in [5.74, 6) is -1.72. The number of carbonyl (C=O) groups is 4. The van der Waals surface area contributed by atoms with Crippen LogP contribution in [0.1, 0.15) is 115 Å². The molecule has 4 saturated carbocycles. The van der Waals surface area contributed by atoms with E-state index >= 15 is 4.79 Å². The highest BCUT2D eigenvalue weighted by molar-refractivity contribution is 7.91. The van der Waals surface area contributed by atoms with Crippen LogP contribution in [-0.2, 0) is 40.3 Å². The van der Waals surface area contributed by atoms with Gasteiger partial charge in [-0.15, -0.1) is 19.8 Å². The number of ether oxygens (including phenoxy) is 4. The predicted octanol–water partition coefficient (Wildman–Crippen LogP) is 6.20. The molecule has 0 unspecified atom stereocenters. The van der Waals surface area contributed by atoms with Gasteiger partial charge >= 0.3 is 12.5 Å². The Morgan fingerprint density at radius 1 is 0.986 bits per heavy atom. The first-order valence-electron chi connectivity index (χ1n) is 24.9. The average molecular weight is 987 g/mol. The van der Waals surface area contributed by atoms with Crippen LogP contribution in [0.15, 0.2) is 36.9 Å². The van der Waals surface area contributed by atoms with E-state index in [1.807, 2.05) is 29.2 Å². The molecule has 2 saturated heterocycles. The van der Waals surface area contributed by atoms with E-state index in [0.717, 1.165) is 62.3 Å². The highest BCUT2D eigenvalue weighted by Crippen LogP contribution is 2.48. The van der Waals surface area contributed by atoms with Gasteiger partial charge in [0.05, 0.1) is 29.0 Å². The minimum atomic E-state index is -4.69. The Labute approximate surface area is 401 Å². The van der Waals surface area contributed by atoms with Crippen molar-refractivity contribution in [3.63, 3.8) is 0 Å². The first kappa shape index (κ1) is 49.3. The molecule has 3 aliphatic heterocycles. The zero-order valence-electron chi connectivity index (χ0n) is 39.2. The standard InChI is InChI=1S/C49H65F3N6O10S/c1-3-32-28-48(32,45(61)56-69(63,64)47(2)20-21-47)55-42(59)38-27-34-29-58(38)44(60)40(30-12-6-4-7-13-30)54-46(62)68-39-26-31(39)14-8-5-9-16-36-41(35-15-10-11-17-37(35)53-43(36)67-34)66-33-18-22-57(23-19-33)24-25-65-49(50,51)52/h3,10-11,15,17,30-34,38-40H,1,4-9,12-14,16,18-29H2,2H3,(H,54,62)(H,55,59)(H,56,61)/t31-,32-,34-,38+,39-,40+,48-/m1/s1. The minimum Gasteiger partial charge on any atom is -0.489 e. The minimum absolute atomic E-state index is 0.0172. The molecule has 7 aliphatic rings. The molecule has 1 aromatic carbocycles. The van der Waals surface area contributed by atoms with Gasteiger partial charge in [-0.2, -0.15) is 0 Å². The number of hydrogen-bond acceptors (Lipinski definition) is 12. The molecule has 1 aromatic heterocycles. The number of likely N-dealkylation sites (tertiary alicyclic amines) is 1. The third-order valence-corrected chi connectivity index (χ3v) is 17.8. The summed E-state index contributed by atoms with van der Waals surface area (Å²) in [6, 6.07) is 5.35. The number of aromatic nitrogens is 1. The van der Waals surface area contributed by atoms with E-state index < -0.39 is 81.2 Å². The number of fused-ring (bicyclic) bond motifs is 5. The number of rotatable bonds is 12. The van der Waals surface area contributed by atoms with Crippen LogP contribution in [0.3, 0.4) is 0 Å². The van der Waals surface area contributed by atoms with Crippen molar-refractivity contribution in [2.24, 2.45) is 17.8 Å². The summed E-state index contributed by atoms with van der Waals surface area (Å²) in [5, 5.41) is 6.58. The van der Waals surface area contributed by atoms with Crippen molar-refractivity contribution >= 4 is 44.7 Å². The van der Waals surface area contributed by atoms with Gasteiger partial charge < -0.3 is 34.6 Å². The van der Waals surface area contributed by atoms with Crippen molar-refractivity contribution in [2.45, 2.75) is 163 Å². The van der Waals surface area contributed by atoms with Crippen molar-refractivity contribution in [1.82, 2.24) is 30.1 Å². The van der Waals surface area contributed by atoms with Gasteiger partial charge in [-0.3, -0.25) is 23.8 Å². The summed E-state index contributed by atoms with van der Waals surface area (Å²) >= 11 is 0. The summed E-state index contributed by atoms with van der Waals surface area (Å²) in [6.07, 6.45) is 5.56. The molecule has 6 fully saturated rings. The molecule has 4 amide bonds. The lowest BCUT2D eigenvalue weighted by molar-refractivity contribution is -0.325. The molecule has 2 bridgehead atoms. The Kier molecular flexibility index (Phi) is 14.2. The number of amides is 4. The van der Waals surface area contributed by atoms with E-state index in [9.17, 15) is 36.0 Å². The second-order valence-corrected chi connectivity index (χ2v) is 22.8. The van der Waals surface area contributed by atoms with E-state index in [4.69, 9.17) is 19.2 Å². The molecule has 16 nitrogen and oxygen atoms in total. The van der Waals surface area contributed by atoms with Gasteiger partial charge in [0, 0.05) is 37.4 Å². The van der Waals surface area contributed by atoms with Crippen molar-refractivity contribution in [1.29, 1.82) is 0 Å². The van der Waals surface area contributed by atoms with Gasteiger partial charge in [-0.1, -0.05) is 50.3 Å². The van der Waals surface area contributed by atoms with Gasteiger partial charge in [0.25, 0.3) is 5.91 Å². The quantitative estimate of drug-likeness (QED) is 0.204. The highest BCUT2D eigenvalue weighted by Gasteiger charge is 2.63. The van der Waals surface area contributed by atoms with Crippen LogP contribution in [0.5, 0.6) is 11.6 Å². The van der Waals surface area contributed by atoms with Crippen LogP contribution in [0.4, 0.5) is 18.0 Å². The topological polar surface area (TPSA) is 195 Å². The summed E-state index contributed by atoms with van der Waals surface area (Å²) in [4.78, 5) is 65.9. The fraction of sp³-hybridized carbons (Fsp3) is 0.694. The zero-order chi connectivity index (χ0) is 48.7. The zero-order valence-corrected chi connectivity index (χ0v) is 40.1. The maximum absolute atomic E-state index is 15.2. The van der Waals surface area contributed by atoms with Gasteiger partial charge in [0.2, 0.25) is 27.7 Å². The molecular formula is C49H65F3N6O10S. The fourth-order valence-electron chi connectivity index (χ4n) is 10.9. The van der Waals surface area contributed by atoms with Gasteiger partial charge in [0.1, 0.15) is 41.7 Å². The Hall–Kier alpha value is -4.69. The molecule has 3 N–H and O–H groups in total. The van der Waals surface area contributed by atoms with Crippen LogP contribution in [-0.4, -0.2) is 127 Å². The number of para-hydroxylation sites is 1. The van der Waals surface area contributed by atoms with Crippen molar-refractivity contribution in [3.8, 4) is 11.6 Å². The van der Waals surface area contributed by atoms with Crippen molar-refractivity contribution in [3.05, 3.63) is 42.5 Å². The first-order chi connectivity index (χ1) is 33.0. The smallest absolute Gasteiger partial charge is 0.489 e. The van der Waals surface area contributed by atoms with Crippen molar-refractivity contribution in [2.75, 3.05) is 32.8 Å². The number of alkyl halides is 3. The summed E-state index contributed by atoms with van der Waals surface area (Å²) < 4.78 is 89.5. The average Bonchev–Trinajstić information content (AvgIpc) is 4.28. The number of alkyl carbamates (subject to hydrolysis) is 1. The number of carbonyl (C=O) groups excluding carboxylic acids is 4. The van der Waals surface area contributed by atoms with Crippen LogP contribution in [0, 0.1) is 17.8 Å². The first-order valence-corrected chi connectivity index (χ1v) is 26.4. The summed E-state index contributed by atoms with van der Waals surface area (Å²) in [5.41, 5.74) is -0.286. The number of piperidine rings is 1. The van der Waals surface area contributed by atoms with E-state index in [2.05, 4.69) is 26.7 Å². The monoisotopic (exact) mass is 986 g/mol. The molecule has 4 heterocycles. The van der Waals surface area contributed by atoms with Crippen molar-refractivity contribution < 1.29 is 59.7 Å². The van der Waals surface area contributed by atoms with E-state index in [0.29, 0.717) is 75.2 Å². The molecule has 4 aliphatic carbocycles. The second-order valence-electron chi connectivity index (χ2n) is 20.6. The normalized spacial score (nSPS) is 30.3. The van der Waals surface area contributed by atoms with E-state index in [1.54, 1.807) is 6.92 Å². The Balaban J connectivity index is 1.03. The molecule has 2 aromatic rings. The number of benzene rings is 1. The van der Waals surface area contributed by atoms with Crippen LogP contribution >= 0.6 is 0 Å². The SMILES string of the molecule is C=C[C@@H]1C[C@]1(NC(=O)[C@@H]1C[C@@H]2CN1C(=O)[C@H](C1CCCCC1)NC(=O)O[C@@H]1C[C@H]1CCCCCc1c(nc3ccccc3c1OC1CCN(CCOC(F)(F)F)CC1)O2)C(=O)NS(=O)(=O)C1(C)CC1. The maximum Gasteiger partial charge on any atom is 0.522 e. The van der Waals surface area contributed by atoms with E-state index in [-0.39, 0.29) is 50.0 Å². The molecule has 378 valence electrons. The Morgan fingerprint density at radius 2 is 1.70 bits per heavy atom. The Morgan fingerprint density at radius 3 is 2.39 bits per heavy atom.